The van der Waals surface area contributed by atoms with E-state index in [-0.39, 0.29) is 17.9 Å². The first kappa shape index (κ1) is 12.4. The topological polar surface area (TPSA) is 49.9 Å². The summed E-state index contributed by atoms with van der Waals surface area (Å²) in [5.74, 6) is 0.112. The number of cyclic esters (lactones) is 1. The van der Waals surface area contributed by atoms with Crippen molar-refractivity contribution in [3.63, 3.8) is 0 Å². The van der Waals surface area contributed by atoms with Gasteiger partial charge in [-0.05, 0) is 6.42 Å². The fourth-order valence-electron chi connectivity index (χ4n) is 2.54. The van der Waals surface area contributed by atoms with Crippen LogP contribution < -0.4 is 0 Å². The van der Waals surface area contributed by atoms with Gasteiger partial charge in [-0.15, -0.1) is 0 Å². The fourth-order valence-corrected chi connectivity index (χ4v) is 2.54. The quantitative estimate of drug-likeness (QED) is 0.649. The molecule has 0 bridgehead atoms. The molecule has 0 radical (unpaired) electrons. The monoisotopic (exact) mass is 240 g/mol. The Bertz CT molecular complexity index is 306. The molecule has 0 N–H and O–H groups in total. The number of carbonyl (C=O) groups excluding carboxylic acids is 2. The molecule has 5 nitrogen and oxygen atoms in total. The molecule has 96 valence electrons. The average molecular weight is 240 g/mol. The standard InChI is InChI=1S/C12H20N2O3/c1-2-11(15)14-6-3-5-13(7-8-14)10-4-9-17-12(10)16/h10H,2-9H2,1H3. The number of hydrogen-bond acceptors (Lipinski definition) is 4. The predicted octanol–water partition coefficient (Wildman–Crippen LogP) is 0.246. The predicted molar refractivity (Wildman–Crippen MR) is 62.4 cm³/mol. The molecule has 0 aromatic rings. The number of rotatable bonds is 2. The van der Waals surface area contributed by atoms with Gasteiger partial charge in [-0.3, -0.25) is 14.5 Å². The lowest BCUT2D eigenvalue weighted by molar-refractivity contribution is -0.142. The van der Waals surface area contributed by atoms with Crippen molar-refractivity contribution in [1.29, 1.82) is 0 Å². The lowest BCUT2D eigenvalue weighted by atomic mass is 10.2. The summed E-state index contributed by atoms with van der Waals surface area (Å²) in [6.07, 6.45) is 2.29. The van der Waals surface area contributed by atoms with Crippen LogP contribution in [0.2, 0.25) is 0 Å². The molecule has 1 amide bonds. The van der Waals surface area contributed by atoms with Gasteiger partial charge in [-0.25, -0.2) is 0 Å². The maximum atomic E-state index is 11.6. The van der Waals surface area contributed by atoms with Crippen LogP contribution >= 0.6 is 0 Å². The molecule has 1 atom stereocenters. The lowest BCUT2D eigenvalue weighted by Gasteiger charge is -2.24. The Hall–Kier alpha value is -1.10. The molecule has 0 aliphatic carbocycles. The van der Waals surface area contributed by atoms with E-state index in [4.69, 9.17) is 4.74 Å². The van der Waals surface area contributed by atoms with Gasteiger partial charge in [0.2, 0.25) is 5.91 Å². The fraction of sp³-hybridized carbons (Fsp3) is 0.833. The number of ether oxygens (including phenoxy) is 1. The maximum Gasteiger partial charge on any atom is 0.323 e. The number of hydrogen-bond donors (Lipinski definition) is 0. The van der Waals surface area contributed by atoms with Crippen LogP contribution in [-0.4, -0.2) is 60.5 Å². The van der Waals surface area contributed by atoms with Crippen molar-refractivity contribution in [2.75, 3.05) is 32.8 Å². The van der Waals surface area contributed by atoms with Crippen molar-refractivity contribution in [2.45, 2.75) is 32.2 Å². The van der Waals surface area contributed by atoms with E-state index >= 15 is 0 Å². The molecule has 1 unspecified atom stereocenters. The van der Waals surface area contributed by atoms with Gasteiger partial charge in [0, 0.05) is 39.0 Å². The van der Waals surface area contributed by atoms with Crippen LogP contribution in [0.5, 0.6) is 0 Å². The number of amides is 1. The molecule has 2 saturated heterocycles. The number of carbonyl (C=O) groups is 2. The molecular formula is C12H20N2O3. The Morgan fingerprint density at radius 1 is 1.35 bits per heavy atom. The van der Waals surface area contributed by atoms with E-state index in [0.29, 0.717) is 13.0 Å². The van der Waals surface area contributed by atoms with Crippen molar-refractivity contribution in [3.05, 3.63) is 0 Å². The third-order valence-corrected chi connectivity index (χ3v) is 3.53. The van der Waals surface area contributed by atoms with Crippen LogP contribution in [0.25, 0.3) is 0 Å². The summed E-state index contributed by atoms with van der Waals surface area (Å²) in [6, 6.07) is -0.0771. The van der Waals surface area contributed by atoms with Gasteiger partial charge in [-0.1, -0.05) is 6.92 Å². The Balaban J connectivity index is 1.91. The summed E-state index contributed by atoms with van der Waals surface area (Å²) in [6.45, 7) is 5.64. The van der Waals surface area contributed by atoms with Gasteiger partial charge in [0.15, 0.2) is 0 Å². The lowest BCUT2D eigenvalue weighted by Crippen LogP contribution is -2.41. The Kier molecular flexibility index (Phi) is 3.99. The van der Waals surface area contributed by atoms with Crippen molar-refractivity contribution in [3.8, 4) is 0 Å². The molecule has 0 aromatic heterocycles. The highest BCUT2D eigenvalue weighted by Gasteiger charge is 2.33. The summed E-state index contributed by atoms with van der Waals surface area (Å²) in [7, 11) is 0. The van der Waals surface area contributed by atoms with Crippen LogP contribution in [0.3, 0.4) is 0 Å². The summed E-state index contributed by atoms with van der Waals surface area (Å²) < 4.78 is 4.99. The third-order valence-electron chi connectivity index (χ3n) is 3.53. The third kappa shape index (κ3) is 2.77. The minimum absolute atomic E-state index is 0.0771. The van der Waals surface area contributed by atoms with E-state index in [1.807, 2.05) is 11.8 Å². The summed E-state index contributed by atoms with van der Waals surface area (Å²) in [5.41, 5.74) is 0. The minimum atomic E-state index is -0.0970. The molecule has 2 heterocycles. The number of esters is 1. The van der Waals surface area contributed by atoms with Crippen molar-refractivity contribution in [2.24, 2.45) is 0 Å². The van der Waals surface area contributed by atoms with Crippen LogP contribution in [0, 0.1) is 0 Å². The van der Waals surface area contributed by atoms with Gasteiger partial charge in [0.1, 0.15) is 6.04 Å². The molecule has 2 aliphatic rings. The smallest absolute Gasteiger partial charge is 0.323 e. The molecule has 2 fully saturated rings. The van der Waals surface area contributed by atoms with Gasteiger partial charge in [-0.2, -0.15) is 0 Å². The van der Waals surface area contributed by atoms with Crippen molar-refractivity contribution in [1.82, 2.24) is 9.80 Å². The zero-order valence-corrected chi connectivity index (χ0v) is 10.4. The van der Waals surface area contributed by atoms with E-state index in [1.165, 1.54) is 0 Å². The second kappa shape index (κ2) is 5.49. The van der Waals surface area contributed by atoms with E-state index in [2.05, 4.69) is 4.90 Å². The van der Waals surface area contributed by atoms with Gasteiger partial charge in [0.25, 0.3) is 0 Å². The summed E-state index contributed by atoms with van der Waals surface area (Å²) in [5, 5.41) is 0. The Labute approximate surface area is 102 Å². The number of nitrogens with zero attached hydrogens (tertiary/aromatic N) is 2. The highest BCUT2D eigenvalue weighted by molar-refractivity contribution is 5.77. The molecule has 0 saturated carbocycles. The van der Waals surface area contributed by atoms with Crippen LogP contribution in [0.4, 0.5) is 0 Å². The Morgan fingerprint density at radius 3 is 2.82 bits per heavy atom. The maximum absolute atomic E-state index is 11.6. The van der Waals surface area contributed by atoms with E-state index in [9.17, 15) is 9.59 Å². The zero-order valence-electron chi connectivity index (χ0n) is 10.4. The van der Waals surface area contributed by atoms with E-state index < -0.39 is 0 Å². The average Bonchev–Trinajstić information content (AvgIpc) is 2.63. The first-order valence-corrected chi connectivity index (χ1v) is 6.41. The molecule has 17 heavy (non-hydrogen) atoms. The van der Waals surface area contributed by atoms with Crippen LogP contribution in [0.15, 0.2) is 0 Å². The second-order valence-corrected chi connectivity index (χ2v) is 4.60. The first-order chi connectivity index (χ1) is 8.22. The molecule has 2 rings (SSSR count). The van der Waals surface area contributed by atoms with Crippen LogP contribution in [-0.2, 0) is 14.3 Å². The largest absolute Gasteiger partial charge is 0.464 e. The summed E-state index contributed by atoms with van der Waals surface area (Å²) in [4.78, 5) is 27.2. The highest BCUT2D eigenvalue weighted by atomic mass is 16.5. The van der Waals surface area contributed by atoms with Crippen LogP contribution in [0.1, 0.15) is 26.2 Å². The second-order valence-electron chi connectivity index (χ2n) is 4.60. The SMILES string of the molecule is CCC(=O)N1CCCN(C2CCOC2=O)CC1. The van der Waals surface area contributed by atoms with Gasteiger partial charge >= 0.3 is 5.97 Å². The highest BCUT2D eigenvalue weighted by Crippen LogP contribution is 2.16. The van der Waals surface area contributed by atoms with E-state index in [0.717, 1.165) is 39.0 Å². The van der Waals surface area contributed by atoms with E-state index in [1.54, 1.807) is 0 Å². The van der Waals surface area contributed by atoms with Crippen molar-refractivity contribution < 1.29 is 14.3 Å². The Morgan fingerprint density at radius 2 is 2.18 bits per heavy atom. The molecular weight excluding hydrogens is 220 g/mol. The minimum Gasteiger partial charge on any atom is -0.464 e. The van der Waals surface area contributed by atoms with Gasteiger partial charge in [0.05, 0.1) is 6.61 Å². The van der Waals surface area contributed by atoms with Crippen molar-refractivity contribution >= 4 is 11.9 Å². The first-order valence-electron chi connectivity index (χ1n) is 6.41. The molecule has 0 spiro atoms. The molecule has 0 aromatic carbocycles. The normalized spacial score (nSPS) is 26.8. The zero-order chi connectivity index (χ0) is 12.3. The summed E-state index contributed by atoms with van der Waals surface area (Å²) >= 11 is 0. The van der Waals surface area contributed by atoms with Gasteiger partial charge < -0.3 is 9.64 Å². The molecule has 2 aliphatic heterocycles. The molecule has 5 heteroatoms.